The maximum Gasteiger partial charge on any atom is 0.238 e. The Morgan fingerprint density at radius 1 is 1.37 bits per heavy atom. The van der Waals surface area contributed by atoms with Crippen LogP contribution in [0.4, 0.5) is 11.9 Å². The number of rotatable bonds is 4. The van der Waals surface area contributed by atoms with E-state index >= 15 is 0 Å². The van der Waals surface area contributed by atoms with Crippen molar-refractivity contribution >= 4 is 29.4 Å². The molecule has 0 saturated heterocycles. The highest BCUT2D eigenvalue weighted by Gasteiger charge is 2.19. The van der Waals surface area contributed by atoms with E-state index in [1.54, 1.807) is 0 Å². The highest BCUT2D eigenvalue weighted by atomic mass is 35.5. The molecule has 6 nitrogen and oxygen atoms in total. The van der Waals surface area contributed by atoms with Crippen LogP contribution in [0.3, 0.4) is 0 Å². The van der Waals surface area contributed by atoms with Crippen molar-refractivity contribution in [2.24, 2.45) is 0 Å². The summed E-state index contributed by atoms with van der Waals surface area (Å²) in [6.07, 6.45) is 4.67. The zero-order valence-electron chi connectivity index (χ0n) is 11.2. The average molecular weight is 284 g/mol. The van der Waals surface area contributed by atoms with Gasteiger partial charge in [-0.2, -0.15) is 15.0 Å². The van der Waals surface area contributed by atoms with Crippen LogP contribution in [0, 0.1) is 0 Å². The molecular formula is C12H18ClN5O. The first-order chi connectivity index (χ1) is 9.10. The predicted octanol–water partition coefficient (Wildman–Crippen LogP) is 2.25. The minimum Gasteiger partial charge on any atom is -0.351 e. The summed E-state index contributed by atoms with van der Waals surface area (Å²) in [4.78, 5) is 25.3. The molecule has 0 aliphatic heterocycles. The highest BCUT2D eigenvalue weighted by molar-refractivity contribution is 6.28. The fourth-order valence-corrected chi connectivity index (χ4v) is 2.44. The van der Waals surface area contributed by atoms with E-state index in [9.17, 15) is 4.79 Å². The molecule has 0 unspecified atom stereocenters. The van der Waals surface area contributed by atoms with Crippen LogP contribution in [0.15, 0.2) is 0 Å². The number of aromatic nitrogens is 3. The molecule has 1 saturated carbocycles. The topological polar surface area (TPSA) is 71.0 Å². The Bertz CT molecular complexity index is 461. The van der Waals surface area contributed by atoms with Crippen LogP contribution in [0.5, 0.6) is 0 Å². The number of hydrogen-bond acceptors (Lipinski definition) is 5. The van der Waals surface area contributed by atoms with Gasteiger partial charge in [0.25, 0.3) is 0 Å². The Kier molecular flexibility index (Phi) is 4.52. The number of nitrogens with one attached hydrogen (secondary N) is 1. The van der Waals surface area contributed by atoms with Crippen molar-refractivity contribution in [3.05, 3.63) is 5.28 Å². The smallest absolute Gasteiger partial charge is 0.238 e. The van der Waals surface area contributed by atoms with Crippen molar-refractivity contribution in [2.75, 3.05) is 16.8 Å². The van der Waals surface area contributed by atoms with Crippen molar-refractivity contribution in [3.63, 3.8) is 0 Å². The van der Waals surface area contributed by atoms with E-state index in [1.807, 2.05) is 6.92 Å². The van der Waals surface area contributed by atoms with Gasteiger partial charge < -0.3 is 5.32 Å². The third kappa shape index (κ3) is 3.53. The maximum atomic E-state index is 11.5. The van der Waals surface area contributed by atoms with Gasteiger partial charge in [-0.3, -0.25) is 9.69 Å². The third-order valence-corrected chi connectivity index (χ3v) is 3.39. The second-order valence-electron chi connectivity index (χ2n) is 4.62. The quantitative estimate of drug-likeness (QED) is 0.918. The number of nitrogens with zero attached hydrogens (tertiary/aromatic N) is 4. The van der Waals surface area contributed by atoms with Crippen molar-refractivity contribution in [1.29, 1.82) is 0 Å². The van der Waals surface area contributed by atoms with Gasteiger partial charge in [0, 0.05) is 19.5 Å². The summed E-state index contributed by atoms with van der Waals surface area (Å²) < 4.78 is 0. The fourth-order valence-electron chi connectivity index (χ4n) is 2.28. The number of halogens is 1. The minimum absolute atomic E-state index is 0.102. The lowest BCUT2D eigenvalue weighted by atomic mass is 10.3. The molecule has 0 radical (unpaired) electrons. The van der Waals surface area contributed by atoms with Crippen LogP contribution in [-0.4, -0.2) is 33.4 Å². The van der Waals surface area contributed by atoms with Gasteiger partial charge in [-0.1, -0.05) is 12.8 Å². The van der Waals surface area contributed by atoms with Gasteiger partial charge in [-0.25, -0.2) is 0 Å². The molecule has 19 heavy (non-hydrogen) atoms. The summed E-state index contributed by atoms with van der Waals surface area (Å²) in [6.45, 7) is 3.84. The molecule has 1 aliphatic carbocycles. The van der Waals surface area contributed by atoms with Gasteiger partial charge in [-0.15, -0.1) is 0 Å². The first kappa shape index (κ1) is 14.0. The Morgan fingerprint density at radius 2 is 2.05 bits per heavy atom. The number of carbonyl (C=O) groups is 1. The molecule has 0 spiro atoms. The van der Waals surface area contributed by atoms with Crippen LogP contribution in [0.25, 0.3) is 0 Å². The molecule has 7 heteroatoms. The molecule has 1 fully saturated rings. The Hall–Kier alpha value is -1.43. The lowest BCUT2D eigenvalue weighted by Crippen LogP contribution is -2.30. The van der Waals surface area contributed by atoms with Crippen LogP contribution in [0.2, 0.25) is 5.28 Å². The molecule has 1 aromatic heterocycles. The second-order valence-corrected chi connectivity index (χ2v) is 4.96. The van der Waals surface area contributed by atoms with Crippen LogP contribution >= 0.6 is 11.6 Å². The monoisotopic (exact) mass is 283 g/mol. The van der Waals surface area contributed by atoms with Gasteiger partial charge in [0.05, 0.1) is 0 Å². The average Bonchev–Trinajstić information content (AvgIpc) is 2.81. The maximum absolute atomic E-state index is 11.5. The number of hydrogen-bond donors (Lipinski definition) is 1. The largest absolute Gasteiger partial charge is 0.351 e. The van der Waals surface area contributed by atoms with Gasteiger partial charge >= 0.3 is 0 Å². The number of amides is 1. The van der Waals surface area contributed by atoms with Crippen LogP contribution in [-0.2, 0) is 4.79 Å². The van der Waals surface area contributed by atoms with E-state index in [2.05, 4.69) is 20.3 Å². The molecule has 2 rings (SSSR count). The van der Waals surface area contributed by atoms with Crippen molar-refractivity contribution < 1.29 is 4.79 Å². The summed E-state index contributed by atoms with van der Waals surface area (Å²) >= 11 is 5.90. The van der Waals surface area contributed by atoms with Gasteiger partial charge in [0.1, 0.15) is 0 Å². The molecule has 104 valence electrons. The Balaban J connectivity index is 2.20. The SMILES string of the molecule is CCN(C(C)=O)c1nc(Cl)nc(NC2CCCC2)n1. The molecule has 1 amide bonds. The normalized spacial score (nSPS) is 15.5. The van der Waals surface area contributed by atoms with Crippen molar-refractivity contribution in [1.82, 2.24) is 15.0 Å². The van der Waals surface area contributed by atoms with Gasteiger partial charge in [-0.05, 0) is 31.4 Å². The predicted molar refractivity (Wildman–Crippen MR) is 74.4 cm³/mol. The number of anilines is 2. The molecular weight excluding hydrogens is 266 g/mol. The summed E-state index contributed by atoms with van der Waals surface area (Å²) in [7, 11) is 0. The molecule has 1 aliphatic rings. The van der Waals surface area contributed by atoms with E-state index < -0.39 is 0 Å². The van der Waals surface area contributed by atoms with Crippen molar-refractivity contribution in [3.8, 4) is 0 Å². The first-order valence-electron chi connectivity index (χ1n) is 6.56. The standard InChI is InChI=1S/C12H18ClN5O/c1-3-18(8(2)19)12-16-10(13)15-11(17-12)14-9-6-4-5-7-9/h9H,3-7H2,1-2H3,(H,14,15,16,17). The Morgan fingerprint density at radius 3 is 2.63 bits per heavy atom. The zero-order chi connectivity index (χ0) is 13.8. The minimum atomic E-state index is -0.114. The number of carbonyl (C=O) groups excluding carboxylic acids is 1. The van der Waals surface area contributed by atoms with E-state index in [0.29, 0.717) is 24.5 Å². The molecule has 1 N–H and O–H groups in total. The lowest BCUT2D eigenvalue weighted by Gasteiger charge is -2.18. The lowest BCUT2D eigenvalue weighted by molar-refractivity contribution is -0.116. The van der Waals surface area contributed by atoms with E-state index in [-0.39, 0.29) is 11.2 Å². The third-order valence-electron chi connectivity index (χ3n) is 3.22. The summed E-state index contributed by atoms with van der Waals surface area (Å²) in [5, 5.41) is 3.36. The van der Waals surface area contributed by atoms with Crippen molar-refractivity contribution in [2.45, 2.75) is 45.6 Å². The molecule has 1 heterocycles. The van der Waals surface area contributed by atoms with E-state index in [4.69, 9.17) is 11.6 Å². The second kappa shape index (κ2) is 6.14. The van der Waals surface area contributed by atoms with Gasteiger partial charge in [0.2, 0.25) is 23.1 Å². The van der Waals surface area contributed by atoms with E-state index in [1.165, 1.54) is 24.7 Å². The Labute approximate surface area is 117 Å². The van der Waals surface area contributed by atoms with Crippen LogP contribution < -0.4 is 10.2 Å². The van der Waals surface area contributed by atoms with Crippen LogP contribution in [0.1, 0.15) is 39.5 Å². The summed E-state index contributed by atoms with van der Waals surface area (Å²) in [5.74, 6) is 0.633. The molecule has 0 atom stereocenters. The highest BCUT2D eigenvalue weighted by Crippen LogP contribution is 2.22. The summed E-state index contributed by atoms with van der Waals surface area (Å²) in [5.41, 5.74) is 0. The zero-order valence-corrected chi connectivity index (χ0v) is 11.9. The van der Waals surface area contributed by atoms with Gasteiger partial charge in [0.15, 0.2) is 0 Å². The van der Waals surface area contributed by atoms with E-state index in [0.717, 1.165) is 12.8 Å². The molecule has 0 aromatic carbocycles. The fraction of sp³-hybridized carbons (Fsp3) is 0.667. The first-order valence-corrected chi connectivity index (χ1v) is 6.94. The summed E-state index contributed by atoms with van der Waals surface area (Å²) in [6, 6.07) is 0.388. The molecule has 0 bridgehead atoms. The molecule has 1 aromatic rings.